The van der Waals surface area contributed by atoms with E-state index in [1.165, 1.54) is 6.26 Å². The zero-order chi connectivity index (χ0) is 14.3. The summed E-state index contributed by atoms with van der Waals surface area (Å²) in [6, 6.07) is 10.0. The van der Waals surface area contributed by atoms with Crippen molar-refractivity contribution >= 4 is 5.97 Å². The molecule has 2 bridgehead atoms. The van der Waals surface area contributed by atoms with E-state index in [1.54, 1.807) is 0 Å². The SMILES string of the molecule is O=C1OC=C[C@@]12CC1O[C@@H]2C=C[C@@H]1OCc1ccccc1. The van der Waals surface area contributed by atoms with Crippen molar-refractivity contribution in [1.82, 2.24) is 0 Å². The van der Waals surface area contributed by atoms with Crippen molar-refractivity contribution in [2.24, 2.45) is 5.41 Å². The van der Waals surface area contributed by atoms with Crippen molar-refractivity contribution in [1.29, 1.82) is 0 Å². The summed E-state index contributed by atoms with van der Waals surface area (Å²) in [7, 11) is 0. The molecule has 1 spiro atoms. The van der Waals surface area contributed by atoms with E-state index in [0.29, 0.717) is 13.0 Å². The van der Waals surface area contributed by atoms with Gasteiger partial charge in [-0.25, -0.2) is 0 Å². The molecule has 0 saturated carbocycles. The molecule has 0 amide bonds. The monoisotopic (exact) mass is 284 g/mol. The Morgan fingerprint density at radius 3 is 2.86 bits per heavy atom. The van der Waals surface area contributed by atoms with Crippen molar-refractivity contribution in [3.05, 3.63) is 60.4 Å². The van der Waals surface area contributed by atoms with Crippen LogP contribution in [-0.2, 0) is 25.6 Å². The molecule has 1 saturated heterocycles. The van der Waals surface area contributed by atoms with Gasteiger partial charge in [0.05, 0.1) is 25.1 Å². The Kier molecular flexibility index (Phi) is 2.94. The zero-order valence-corrected chi connectivity index (χ0v) is 11.5. The first kappa shape index (κ1) is 12.8. The molecule has 1 aromatic rings. The molecule has 0 radical (unpaired) electrons. The highest BCUT2D eigenvalue weighted by Crippen LogP contribution is 2.48. The van der Waals surface area contributed by atoms with E-state index in [1.807, 2.05) is 48.6 Å². The molecule has 3 aliphatic rings. The Labute approximate surface area is 123 Å². The molecule has 4 heteroatoms. The van der Waals surface area contributed by atoms with Crippen LogP contribution in [0.3, 0.4) is 0 Å². The maximum atomic E-state index is 12.0. The molecule has 4 rings (SSSR count). The predicted octanol–water partition coefficient (Wildman–Crippen LogP) is 2.36. The largest absolute Gasteiger partial charge is 0.434 e. The normalized spacial score (nSPS) is 36.4. The lowest BCUT2D eigenvalue weighted by atomic mass is 9.81. The third-order valence-electron chi connectivity index (χ3n) is 4.42. The van der Waals surface area contributed by atoms with E-state index >= 15 is 0 Å². The van der Waals surface area contributed by atoms with Crippen LogP contribution in [0.5, 0.6) is 0 Å². The van der Waals surface area contributed by atoms with E-state index in [0.717, 1.165) is 5.56 Å². The second-order valence-corrected chi connectivity index (χ2v) is 5.69. The van der Waals surface area contributed by atoms with Gasteiger partial charge in [-0.3, -0.25) is 4.79 Å². The van der Waals surface area contributed by atoms with Crippen molar-refractivity contribution in [3.63, 3.8) is 0 Å². The minimum atomic E-state index is -0.647. The van der Waals surface area contributed by atoms with Crippen LogP contribution >= 0.6 is 0 Å². The highest BCUT2D eigenvalue weighted by molar-refractivity contribution is 5.83. The molecule has 0 N–H and O–H groups in total. The maximum absolute atomic E-state index is 12.0. The molecule has 0 aromatic heterocycles. The topological polar surface area (TPSA) is 44.8 Å². The number of carbonyl (C=O) groups excluding carboxylic acids is 1. The molecule has 4 atom stereocenters. The molecule has 4 nitrogen and oxygen atoms in total. The summed E-state index contributed by atoms with van der Waals surface area (Å²) in [6.07, 6.45) is 7.39. The zero-order valence-electron chi connectivity index (χ0n) is 11.5. The Hall–Kier alpha value is -1.91. The minimum absolute atomic E-state index is 0.0981. The van der Waals surface area contributed by atoms with E-state index in [9.17, 15) is 4.79 Å². The summed E-state index contributed by atoms with van der Waals surface area (Å²) in [5.74, 6) is -0.219. The van der Waals surface area contributed by atoms with Crippen LogP contribution in [0.15, 0.2) is 54.8 Å². The van der Waals surface area contributed by atoms with Gasteiger partial charge in [-0.2, -0.15) is 0 Å². The van der Waals surface area contributed by atoms with Gasteiger partial charge in [0.25, 0.3) is 0 Å². The third kappa shape index (κ3) is 2.03. The second kappa shape index (κ2) is 4.83. The van der Waals surface area contributed by atoms with E-state index < -0.39 is 5.41 Å². The Bertz CT molecular complexity index is 606. The number of hydrogen-bond donors (Lipinski definition) is 0. The number of carbonyl (C=O) groups is 1. The first-order valence-electron chi connectivity index (χ1n) is 7.16. The van der Waals surface area contributed by atoms with Gasteiger partial charge < -0.3 is 14.2 Å². The average Bonchev–Trinajstić information content (AvgIpc) is 3.02. The fraction of sp³-hybridized carbons (Fsp3) is 0.353. The van der Waals surface area contributed by atoms with Crippen molar-refractivity contribution in [2.45, 2.75) is 31.3 Å². The molecule has 1 fully saturated rings. The van der Waals surface area contributed by atoms with Gasteiger partial charge in [-0.15, -0.1) is 0 Å². The Morgan fingerprint density at radius 2 is 2.10 bits per heavy atom. The molecule has 108 valence electrons. The number of rotatable bonds is 3. The Morgan fingerprint density at radius 1 is 1.24 bits per heavy atom. The van der Waals surface area contributed by atoms with E-state index in [2.05, 4.69) is 0 Å². The number of esters is 1. The minimum Gasteiger partial charge on any atom is -0.434 e. The lowest BCUT2D eigenvalue weighted by Crippen LogP contribution is -2.34. The molecule has 21 heavy (non-hydrogen) atoms. The molecule has 0 aliphatic carbocycles. The van der Waals surface area contributed by atoms with Crippen LogP contribution < -0.4 is 0 Å². The van der Waals surface area contributed by atoms with Crippen LogP contribution in [0, 0.1) is 5.41 Å². The fourth-order valence-electron chi connectivity index (χ4n) is 3.24. The van der Waals surface area contributed by atoms with Gasteiger partial charge in [0.15, 0.2) is 0 Å². The van der Waals surface area contributed by atoms with Gasteiger partial charge in [0.1, 0.15) is 11.5 Å². The van der Waals surface area contributed by atoms with Gasteiger partial charge in [-0.05, 0) is 18.1 Å². The van der Waals surface area contributed by atoms with Crippen molar-refractivity contribution in [2.75, 3.05) is 0 Å². The van der Waals surface area contributed by atoms with Crippen molar-refractivity contribution in [3.8, 4) is 0 Å². The van der Waals surface area contributed by atoms with Gasteiger partial charge in [-0.1, -0.05) is 42.5 Å². The summed E-state index contributed by atoms with van der Waals surface area (Å²) in [4.78, 5) is 12.0. The summed E-state index contributed by atoms with van der Waals surface area (Å²) in [5, 5.41) is 0. The van der Waals surface area contributed by atoms with Crippen LogP contribution in [0.4, 0.5) is 0 Å². The van der Waals surface area contributed by atoms with E-state index in [-0.39, 0.29) is 24.3 Å². The maximum Gasteiger partial charge on any atom is 0.323 e. The highest BCUT2D eigenvalue weighted by atomic mass is 16.6. The van der Waals surface area contributed by atoms with Gasteiger partial charge in [0.2, 0.25) is 0 Å². The lowest BCUT2D eigenvalue weighted by Gasteiger charge is -2.25. The van der Waals surface area contributed by atoms with Crippen LogP contribution in [0.2, 0.25) is 0 Å². The first-order valence-corrected chi connectivity index (χ1v) is 7.16. The summed E-state index contributed by atoms with van der Waals surface area (Å²) in [6.45, 7) is 0.535. The predicted molar refractivity (Wildman–Crippen MR) is 75.1 cm³/mol. The molecular weight excluding hydrogens is 268 g/mol. The van der Waals surface area contributed by atoms with Gasteiger partial charge in [0, 0.05) is 0 Å². The second-order valence-electron chi connectivity index (χ2n) is 5.69. The fourth-order valence-corrected chi connectivity index (χ4v) is 3.24. The number of ether oxygens (including phenoxy) is 3. The van der Waals surface area contributed by atoms with Crippen LogP contribution in [0.25, 0.3) is 0 Å². The molecule has 1 unspecified atom stereocenters. The van der Waals surface area contributed by atoms with Gasteiger partial charge >= 0.3 is 5.97 Å². The lowest BCUT2D eigenvalue weighted by molar-refractivity contribution is -0.145. The number of benzene rings is 1. The molecule has 3 aliphatic heterocycles. The summed E-state index contributed by atoms with van der Waals surface area (Å²) >= 11 is 0. The average molecular weight is 284 g/mol. The molecular formula is C17H16O4. The number of fused-ring (bicyclic) bond motifs is 3. The van der Waals surface area contributed by atoms with E-state index in [4.69, 9.17) is 14.2 Å². The molecule has 3 heterocycles. The third-order valence-corrected chi connectivity index (χ3v) is 4.42. The van der Waals surface area contributed by atoms with Crippen molar-refractivity contribution < 1.29 is 19.0 Å². The molecule has 1 aromatic carbocycles. The summed E-state index contributed by atoms with van der Waals surface area (Å²) < 4.78 is 16.9. The van der Waals surface area contributed by atoms with Crippen LogP contribution in [-0.4, -0.2) is 24.3 Å². The Balaban J connectivity index is 1.47. The smallest absolute Gasteiger partial charge is 0.323 e. The first-order chi connectivity index (χ1) is 10.3. The standard InChI is InChI=1S/C17H16O4/c18-16-17(8-9-19-16)10-14-13(6-7-15(17)21-14)20-11-12-4-2-1-3-5-12/h1-9,13-15H,10-11H2/t13-,14?,15+,17-/m0/s1. The number of hydrogen-bond acceptors (Lipinski definition) is 4. The number of cyclic esters (lactones) is 1. The highest BCUT2D eigenvalue weighted by Gasteiger charge is 2.57. The quantitative estimate of drug-likeness (QED) is 0.631. The van der Waals surface area contributed by atoms with Crippen LogP contribution in [0.1, 0.15) is 12.0 Å². The summed E-state index contributed by atoms with van der Waals surface area (Å²) in [5.41, 5.74) is 0.479.